The number of carbonyl (C=O) groups is 1. The summed E-state index contributed by atoms with van der Waals surface area (Å²) >= 11 is 0. The summed E-state index contributed by atoms with van der Waals surface area (Å²) in [5.41, 5.74) is 1.64. The van der Waals surface area contributed by atoms with Gasteiger partial charge in [-0.2, -0.15) is 0 Å². The summed E-state index contributed by atoms with van der Waals surface area (Å²) in [4.78, 5) is 19.6. The molecular weight excluding hydrogens is 204 g/mol. The smallest absolute Gasteiger partial charge is 0.243 e. The SMILES string of the molecule is C=CC(=O)NCc1nc2cccnc2n1C. The van der Waals surface area contributed by atoms with E-state index in [1.807, 2.05) is 23.7 Å². The molecule has 0 unspecified atom stereocenters. The summed E-state index contributed by atoms with van der Waals surface area (Å²) < 4.78 is 1.86. The van der Waals surface area contributed by atoms with Crippen LogP contribution >= 0.6 is 0 Å². The van der Waals surface area contributed by atoms with Gasteiger partial charge in [0.05, 0.1) is 6.54 Å². The highest BCUT2D eigenvalue weighted by atomic mass is 16.1. The number of aromatic nitrogens is 3. The molecule has 0 aliphatic rings. The molecule has 0 atom stereocenters. The van der Waals surface area contributed by atoms with Crippen LogP contribution in [0.4, 0.5) is 0 Å². The zero-order valence-corrected chi connectivity index (χ0v) is 8.97. The lowest BCUT2D eigenvalue weighted by Crippen LogP contribution is -2.21. The van der Waals surface area contributed by atoms with Crippen molar-refractivity contribution in [1.29, 1.82) is 0 Å². The number of hydrogen-bond donors (Lipinski definition) is 1. The summed E-state index contributed by atoms with van der Waals surface area (Å²) in [5.74, 6) is 0.559. The van der Waals surface area contributed by atoms with E-state index in [0.29, 0.717) is 6.54 Å². The van der Waals surface area contributed by atoms with Crippen LogP contribution in [0.25, 0.3) is 11.2 Å². The van der Waals surface area contributed by atoms with Crippen LogP contribution in [0.5, 0.6) is 0 Å². The normalized spacial score (nSPS) is 10.3. The molecule has 16 heavy (non-hydrogen) atoms. The number of carbonyl (C=O) groups excluding carboxylic acids is 1. The van der Waals surface area contributed by atoms with Crippen LogP contribution in [0.1, 0.15) is 5.82 Å². The number of amides is 1. The molecule has 1 amide bonds. The van der Waals surface area contributed by atoms with Gasteiger partial charge in [-0.15, -0.1) is 0 Å². The second-order valence-electron chi connectivity index (χ2n) is 3.36. The van der Waals surface area contributed by atoms with Crippen molar-refractivity contribution < 1.29 is 4.79 Å². The lowest BCUT2D eigenvalue weighted by molar-refractivity contribution is -0.116. The monoisotopic (exact) mass is 216 g/mol. The van der Waals surface area contributed by atoms with Crippen LogP contribution in [0, 0.1) is 0 Å². The fourth-order valence-corrected chi connectivity index (χ4v) is 1.47. The van der Waals surface area contributed by atoms with Gasteiger partial charge in [0.15, 0.2) is 5.65 Å². The third kappa shape index (κ3) is 1.79. The Kier molecular flexibility index (Phi) is 2.68. The Balaban J connectivity index is 2.28. The van der Waals surface area contributed by atoms with E-state index < -0.39 is 0 Å². The molecular formula is C11H12N4O. The van der Waals surface area contributed by atoms with Gasteiger partial charge in [-0.1, -0.05) is 6.58 Å². The molecule has 2 aromatic rings. The number of aryl methyl sites for hydroxylation is 1. The van der Waals surface area contributed by atoms with Crippen LogP contribution in [0.15, 0.2) is 31.0 Å². The molecule has 0 bridgehead atoms. The molecule has 2 aromatic heterocycles. The van der Waals surface area contributed by atoms with Gasteiger partial charge in [0.25, 0.3) is 0 Å². The van der Waals surface area contributed by atoms with Gasteiger partial charge in [0.1, 0.15) is 11.3 Å². The van der Waals surface area contributed by atoms with E-state index in [0.717, 1.165) is 17.0 Å². The van der Waals surface area contributed by atoms with Crippen molar-refractivity contribution in [1.82, 2.24) is 19.9 Å². The lowest BCUT2D eigenvalue weighted by Gasteiger charge is -2.02. The zero-order valence-electron chi connectivity index (χ0n) is 8.97. The van der Waals surface area contributed by atoms with Gasteiger partial charge in [-0.25, -0.2) is 9.97 Å². The number of pyridine rings is 1. The van der Waals surface area contributed by atoms with Crippen molar-refractivity contribution in [2.75, 3.05) is 0 Å². The standard InChI is InChI=1S/C11H12N4O/c1-3-10(16)13-7-9-14-8-5-4-6-12-11(8)15(9)2/h3-6H,1,7H2,2H3,(H,13,16). The summed E-state index contributed by atoms with van der Waals surface area (Å²) in [6.07, 6.45) is 2.96. The maximum atomic E-state index is 11.0. The molecule has 0 aromatic carbocycles. The highest BCUT2D eigenvalue weighted by Crippen LogP contribution is 2.10. The first kappa shape index (κ1) is 10.4. The molecule has 0 spiro atoms. The first-order valence-electron chi connectivity index (χ1n) is 4.89. The highest BCUT2D eigenvalue weighted by Gasteiger charge is 2.07. The van der Waals surface area contributed by atoms with Crippen LogP contribution in [-0.4, -0.2) is 20.4 Å². The highest BCUT2D eigenvalue weighted by molar-refractivity contribution is 5.86. The molecule has 0 aliphatic carbocycles. The van der Waals surface area contributed by atoms with E-state index in [-0.39, 0.29) is 5.91 Å². The van der Waals surface area contributed by atoms with Gasteiger partial charge < -0.3 is 9.88 Å². The number of imidazole rings is 1. The fraction of sp³-hybridized carbons (Fsp3) is 0.182. The first-order chi connectivity index (χ1) is 7.72. The molecule has 5 heteroatoms. The zero-order chi connectivity index (χ0) is 11.5. The molecule has 0 fully saturated rings. The maximum Gasteiger partial charge on any atom is 0.243 e. The molecule has 0 radical (unpaired) electrons. The van der Waals surface area contributed by atoms with Crippen molar-refractivity contribution in [3.05, 3.63) is 36.8 Å². The first-order valence-corrected chi connectivity index (χ1v) is 4.89. The van der Waals surface area contributed by atoms with Crippen LogP contribution in [0.3, 0.4) is 0 Å². The summed E-state index contributed by atoms with van der Waals surface area (Å²) in [7, 11) is 1.87. The summed E-state index contributed by atoms with van der Waals surface area (Å²) in [6.45, 7) is 3.76. The number of nitrogens with one attached hydrogen (secondary N) is 1. The Morgan fingerprint density at radius 3 is 3.19 bits per heavy atom. The Bertz CT molecular complexity index is 544. The minimum atomic E-state index is -0.208. The quantitative estimate of drug-likeness (QED) is 0.771. The van der Waals surface area contributed by atoms with E-state index in [4.69, 9.17) is 0 Å². The Labute approximate surface area is 92.8 Å². The Morgan fingerprint density at radius 1 is 1.69 bits per heavy atom. The summed E-state index contributed by atoms with van der Waals surface area (Å²) in [6, 6.07) is 3.72. The average molecular weight is 216 g/mol. The predicted molar refractivity (Wildman–Crippen MR) is 60.6 cm³/mol. The Morgan fingerprint density at radius 2 is 2.50 bits per heavy atom. The minimum absolute atomic E-state index is 0.208. The maximum absolute atomic E-state index is 11.0. The van der Waals surface area contributed by atoms with Gasteiger partial charge in [-0.3, -0.25) is 4.79 Å². The largest absolute Gasteiger partial charge is 0.345 e. The van der Waals surface area contributed by atoms with Gasteiger partial charge in [-0.05, 0) is 18.2 Å². The third-order valence-corrected chi connectivity index (χ3v) is 2.33. The topological polar surface area (TPSA) is 59.8 Å². The Hall–Kier alpha value is -2.17. The molecule has 2 rings (SSSR count). The van der Waals surface area contributed by atoms with E-state index in [9.17, 15) is 4.79 Å². The van der Waals surface area contributed by atoms with Crippen LogP contribution < -0.4 is 5.32 Å². The molecule has 0 saturated heterocycles. The fourth-order valence-electron chi connectivity index (χ4n) is 1.47. The van der Waals surface area contributed by atoms with Crippen molar-refractivity contribution in [3.63, 3.8) is 0 Å². The van der Waals surface area contributed by atoms with Gasteiger partial charge in [0.2, 0.25) is 5.91 Å². The minimum Gasteiger partial charge on any atom is -0.345 e. The number of nitrogens with zero attached hydrogens (tertiary/aromatic N) is 3. The third-order valence-electron chi connectivity index (χ3n) is 2.33. The number of rotatable bonds is 3. The molecule has 0 saturated carbocycles. The van der Waals surface area contributed by atoms with Gasteiger partial charge >= 0.3 is 0 Å². The van der Waals surface area contributed by atoms with E-state index in [1.165, 1.54) is 6.08 Å². The average Bonchev–Trinajstić information content (AvgIpc) is 2.64. The van der Waals surface area contributed by atoms with Crippen LogP contribution in [0.2, 0.25) is 0 Å². The van der Waals surface area contributed by atoms with E-state index >= 15 is 0 Å². The number of hydrogen-bond acceptors (Lipinski definition) is 3. The van der Waals surface area contributed by atoms with Gasteiger partial charge in [0, 0.05) is 13.2 Å². The van der Waals surface area contributed by atoms with E-state index in [2.05, 4.69) is 21.9 Å². The molecule has 82 valence electrons. The second kappa shape index (κ2) is 4.14. The van der Waals surface area contributed by atoms with Crippen molar-refractivity contribution in [2.45, 2.75) is 6.54 Å². The van der Waals surface area contributed by atoms with E-state index in [1.54, 1.807) is 6.20 Å². The van der Waals surface area contributed by atoms with Crippen molar-refractivity contribution in [3.8, 4) is 0 Å². The summed E-state index contributed by atoms with van der Waals surface area (Å²) in [5, 5.41) is 2.68. The molecule has 1 N–H and O–H groups in total. The molecule has 5 nitrogen and oxygen atoms in total. The second-order valence-corrected chi connectivity index (χ2v) is 3.36. The number of fused-ring (bicyclic) bond motifs is 1. The predicted octanol–water partition coefficient (Wildman–Crippen LogP) is 0.770. The lowest BCUT2D eigenvalue weighted by atomic mass is 10.4. The van der Waals surface area contributed by atoms with Crippen molar-refractivity contribution >= 4 is 17.1 Å². The molecule has 2 heterocycles. The van der Waals surface area contributed by atoms with Crippen molar-refractivity contribution in [2.24, 2.45) is 7.05 Å². The molecule has 0 aliphatic heterocycles. The van der Waals surface area contributed by atoms with Crippen LogP contribution in [-0.2, 0) is 18.4 Å².